The Kier molecular flexibility index (Phi) is 4.04. The van der Waals surface area contributed by atoms with Crippen LogP contribution in [0.25, 0.3) is 11.3 Å². The van der Waals surface area contributed by atoms with Crippen LogP contribution >= 0.6 is 22.9 Å². The minimum atomic E-state index is -0.466. The maximum atomic E-state index is 12.2. The van der Waals surface area contributed by atoms with Crippen LogP contribution in [0, 0.1) is 0 Å². The van der Waals surface area contributed by atoms with Gasteiger partial charge in [-0.05, 0) is 30.3 Å². The summed E-state index contributed by atoms with van der Waals surface area (Å²) in [7, 11) is 0. The first kappa shape index (κ1) is 14.5. The quantitative estimate of drug-likeness (QED) is 0.765. The Morgan fingerprint density at radius 1 is 1.32 bits per heavy atom. The van der Waals surface area contributed by atoms with Crippen LogP contribution < -0.4 is 5.32 Å². The Bertz CT molecular complexity index is 821. The maximum Gasteiger partial charge on any atom is 0.261 e. The zero-order valence-corrected chi connectivity index (χ0v) is 12.7. The van der Waals surface area contributed by atoms with Gasteiger partial charge < -0.3 is 5.11 Å². The van der Waals surface area contributed by atoms with Crippen LogP contribution in [0.2, 0.25) is 5.02 Å². The van der Waals surface area contributed by atoms with E-state index in [9.17, 15) is 9.90 Å². The number of carbonyl (C=O) groups is 1. The van der Waals surface area contributed by atoms with E-state index in [2.05, 4.69) is 15.3 Å². The summed E-state index contributed by atoms with van der Waals surface area (Å²) in [5, 5.41) is 15.0. The van der Waals surface area contributed by atoms with Crippen molar-refractivity contribution in [2.75, 3.05) is 5.32 Å². The van der Waals surface area contributed by atoms with Gasteiger partial charge in [0.15, 0.2) is 5.13 Å². The third-order valence-electron chi connectivity index (χ3n) is 2.89. The first-order chi connectivity index (χ1) is 10.6. The normalized spacial score (nSPS) is 10.4. The molecular formula is C15H10ClN3O2S. The molecule has 3 rings (SSSR count). The summed E-state index contributed by atoms with van der Waals surface area (Å²) in [5.74, 6) is -0.599. The second-order valence-corrected chi connectivity index (χ2v) is 5.69. The standard InChI is InChI=1S/C15H10ClN3O2S/c16-10-3-4-13(20)11(6-10)14(21)19-15-18-12(8-22-15)9-2-1-5-17-7-9/h1-8,20H,(H,18,19,21). The predicted molar refractivity (Wildman–Crippen MR) is 86.4 cm³/mol. The number of nitrogens with zero attached hydrogens (tertiary/aromatic N) is 2. The number of aromatic nitrogens is 2. The highest BCUT2D eigenvalue weighted by Gasteiger charge is 2.14. The lowest BCUT2D eigenvalue weighted by molar-refractivity contribution is 0.102. The van der Waals surface area contributed by atoms with Gasteiger partial charge in [0.1, 0.15) is 5.75 Å². The van der Waals surface area contributed by atoms with Crippen molar-refractivity contribution in [3.63, 3.8) is 0 Å². The van der Waals surface area contributed by atoms with Gasteiger partial charge in [-0.2, -0.15) is 0 Å². The van der Waals surface area contributed by atoms with E-state index in [1.165, 1.54) is 29.5 Å². The molecule has 110 valence electrons. The topological polar surface area (TPSA) is 75.1 Å². The summed E-state index contributed by atoms with van der Waals surface area (Å²) in [4.78, 5) is 20.5. The van der Waals surface area contributed by atoms with E-state index in [-0.39, 0.29) is 11.3 Å². The molecule has 2 aromatic heterocycles. The Morgan fingerprint density at radius 2 is 2.18 bits per heavy atom. The minimum Gasteiger partial charge on any atom is -0.507 e. The van der Waals surface area contributed by atoms with E-state index >= 15 is 0 Å². The van der Waals surface area contributed by atoms with Gasteiger partial charge in [-0.25, -0.2) is 4.98 Å². The van der Waals surface area contributed by atoms with Crippen molar-refractivity contribution in [2.24, 2.45) is 0 Å². The number of carbonyl (C=O) groups excluding carboxylic acids is 1. The molecule has 0 saturated carbocycles. The summed E-state index contributed by atoms with van der Waals surface area (Å²) >= 11 is 7.13. The number of thiazole rings is 1. The van der Waals surface area contributed by atoms with Gasteiger partial charge in [0, 0.05) is 28.4 Å². The average molecular weight is 332 g/mol. The molecule has 0 spiro atoms. The van der Waals surface area contributed by atoms with Gasteiger partial charge in [0.2, 0.25) is 0 Å². The van der Waals surface area contributed by atoms with Gasteiger partial charge in [-0.15, -0.1) is 11.3 Å². The highest BCUT2D eigenvalue weighted by Crippen LogP contribution is 2.26. The van der Waals surface area contributed by atoms with Crippen LogP contribution in [0.3, 0.4) is 0 Å². The molecule has 2 heterocycles. The fourth-order valence-corrected chi connectivity index (χ4v) is 2.72. The van der Waals surface area contributed by atoms with E-state index in [4.69, 9.17) is 11.6 Å². The van der Waals surface area contributed by atoms with Crippen molar-refractivity contribution in [1.82, 2.24) is 9.97 Å². The lowest BCUT2D eigenvalue weighted by Gasteiger charge is -2.04. The monoisotopic (exact) mass is 331 g/mol. The number of benzene rings is 1. The summed E-state index contributed by atoms with van der Waals surface area (Å²) in [5.41, 5.74) is 1.69. The third-order valence-corrected chi connectivity index (χ3v) is 3.88. The summed E-state index contributed by atoms with van der Waals surface area (Å²) in [6.07, 6.45) is 3.38. The lowest BCUT2D eigenvalue weighted by Crippen LogP contribution is -2.11. The van der Waals surface area contributed by atoms with Crippen LogP contribution in [0.4, 0.5) is 5.13 Å². The number of halogens is 1. The second-order valence-electron chi connectivity index (χ2n) is 4.40. The fraction of sp³-hybridized carbons (Fsp3) is 0. The van der Waals surface area contributed by atoms with E-state index in [0.29, 0.717) is 10.2 Å². The predicted octanol–water partition coefficient (Wildman–Crippen LogP) is 3.82. The molecule has 1 amide bonds. The molecule has 2 N–H and O–H groups in total. The number of amides is 1. The first-order valence-electron chi connectivity index (χ1n) is 6.29. The average Bonchev–Trinajstić information content (AvgIpc) is 2.99. The molecule has 5 nitrogen and oxygen atoms in total. The van der Waals surface area contributed by atoms with E-state index in [0.717, 1.165) is 11.3 Å². The van der Waals surface area contributed by atoms with E-state index in [1.54, 1.807) is 12.4 Å². The largest absolute Gasteiger partial charge is 0.507 e. The molecule has 0 aliphatic rings. The van der Waals surface area contributed by atoms with Gasteiger partial charge in [-0.3, -0.25) is 15.1 Å². The molecule has 0 saturated heterocycles. The molecule has 0 fully saturated rings. The summed E-state index contributed by atoms with van der Waals surface area (Å²) in [6.45, 7) is 0. The Hall–Kier alpha value is -2.44. The molecule has 0 unspecified atom stereocenters. The van der Waals surface area contributed by atoms with Gasteiger partial charge in [0.25, 0.3) is 5.91 Å². The number of hydrogen-bond acceptors (Lipinski definition) is 5. The highest BCUT2D eigenvalue weighted by molar-refractivity contribution is 7.14. The van der Waals surface area contributed by atoms with Gasteiger partial charge in [-0.1, -0.05) is 11.6 Å². The second kappa shape index (κ2) is 6.13. The smallest absolute Gasteiger partial charge is 0.261 e. The number of phenolic OH excluding ortho intramolecular Hbond substituents is 1. The van der Waals surface area contributed by atoms with Crippen LogP contribution in [-0.4, -0.2) is 21.0 Å². The Morgan fingerprint density at radius 3 is 2.95 bits per heavy atom. The fourth-order valence-electron chi connectivity index (χ4n) is 1.83. The molecular weight excluding hydrogens is 322 g/mol. The first-order valence-corrected chi connectivity index (χ1v) is 7.55. The molecule has 0 atom stereocenters. The van der Waals surface area contributed by atoms with Crippen molar-refractivity contribution < 1.29 is 9.90 Å². The molecule has 0 bridgehead atoms. The molecule has 0 aliphatic heterocycles. The number of rotatable bonds is 3. The summed E-state index contributed by atoms with van der Waals surface area (Å²) < 4.78 is 0. The van der Waals surface area contributed by atoms with Crippen molar-refractivity contribution in [3.8, 4) is 17.0 Å². The van der Waals surface area contributed by atoms with Crippen molar-refractivity contribution >= 4 is 34.0 Å². The summed E-state index contributed by atoms with van der Waals surface area (Å²) in [6, 6.07) is 7.99. The molecule has 22 heavy (non-hydrogen) atoms. The van der Waals surface area contributed by atoms with Gasteiger partial charge in [0.05, 0.1) is 11.3 Å². The van der Waals surface area contributed by atoms with Crippen LogP contribution in [-0.2, 0) is 0 Å². The molecule has 0 aliphatic carbocycles. The molecule has 1 aromatic carbocycles. The minimum absolute atomic E-state index is 0.102. The highest BCUT2D eigenvalue weighted by atomic mass is 35.5. The Labute approximate surface area is 135 Å². The number of phenols is 1. The zero-order chi connectivity index (χ0) is 15.5. The maximum absolute atomic E-state index is 12.2. The van der Waals surface area contributed by atoms with E-state index in [1.807, 2.05) is 17.5 Å². The van der Waals surface area contributed by atoms with Crippen molar-refractivity contribution in [1.29, 1.82) is 0 Å². The number of hydrogen-bond donors (Lipinski definition) is 2. The zero-order valence-electron chi connectivity index (χ0n) is 11.2. The van der Waals surface area contributed by atoms with Crippen LogP contribution in [0.15, 0.2) is 48.1 Å². The molecule has 7 heteroatoms. The number of aromatic hydroxyl groups is 1. The number of pyridine rings is 1. The van der Waals surface area contributed by atoms with Crippen LogP contribution in [0.1, 0.15) is 10.4 Å². The van der Waals surface area contributed by atoms with E-state index < -0.39 is 5.91 Å². The van der Waals surface area contributed by atoms with Gasteiger partial charge >= 0.3 is 0 Å². The lowest BCUT2D eigenvalue weighted by atomic mass is 10.2. The van der Waals surface area contributed by atoms with Crippen molar-refractivity contribution in [3.05, 3.63) is 58.7 Å². The number of nitrogens with one attached hydrogen (secondary N) is 1. The molecule has 0 radical (unpaired) electrons. The third kappa shape index (κ3) is 3.08. The molecule has 3 aromatic rings. The van der Waals surface area contributed by atoms with Crippen LogP contribution in [0.5, 0.6) is 5.75 Å². The SMILES string of the molecule is O=C(Nc1nc(-c2cccnc2)cs1)c1cc(Cl)ccc1O. The van der Waals surface area contributed by atoms with Crippen molar-refractivity contribution in [2.45, 2.75) is 0 Å². The number of anilines is 1. The Balaban J connectivity index is 1.81.